The lowest BCUT2D eigenvalue weighted by atomic mass is 10.4. The normalized spacial score (nSPS) is 16.2. The molecular weight excluding hydrogens is 374 g/mol. The topological polar surface area (TPSA) is 40.5 Å². The fourth-order valence-corrected chi connectivity index (χ4v) is 8.23. The van der Waals surface area contributed by atoms with E-state index in [1.54, 1.807) is 0 Å². The van der Waals surface area contributed by atoms with E-state index in [1.165, 1.54) is 0 Å². The molecule has 0 aromatic heterocycles. The van der Waals surface area contributed by atoms with Crippen LogP contribution in [0.3, 0.4) is 0 Å². The van der Waals surface area contributed by atoms with Gasteiger partial charge in [-0.3, -0.25) is 0 Å². The molecule has 130 valence electrons. The monoisotopic (exact) mass is 398 g/mol. The molecule has 24 heavy (non-hydrogen) atoms. The lowest BCUT2D eigenvalue weighted by molar-refractivity contribution is 0.369. The minimum Gasteiger partial charge on any atom is -0.391 e. The van der Waals surface area contributed by atoms with E-state index in [9.17, 15) is 10.2 Å². The Bertz CT molecular complexity index is 657. The number of rotatable bonds is 9. The van der Waals surface area contributed by atoms with Crippen LogP contribution < -0.4 is 10.6 Å². The number of hydrogen-bond donors (Lipinski definition) is 2. The first-order chi connectivity index (χ1) is 11.5. The Kier molecular flexibility index (Phi) is 7.81. The summed E-state index contributed by atoms with van der Waals surface area (Å²) in [7, 11) is 0. The molecule has 0 radical (unpaired) electrons. The zero-order chi connectivity index (χ0) is 17.5. The van der Waals surface area contributed by atoms with Crippen molar-refractivity contribution in [3.8, 4) is 0 Å². The molecule has 0 bridgehead atoms. The van der Waals surface area contributed by atoms with Crippen LogP contribution in [0.2, 0.25) is 0 Å². The number of unbranched alkanes of at least 4 members (excludes halogenated alkanes) is 1. The van der Waals surface area contributed by atoms with Crippen molar-refractivity contribution in [1.29, 1.82) is 0 Å². The van der Waals surface area contributed by atoms with Crippen LogP contribution in [-0.4, -0.2) is 35.2 Å². The minimum atomic E-state index is -1.91. The van der Waals surface area contributed by atoms with E-state index in [2.05, 4.69) is 0 Å². The van der Waals surface area contributed by atoms with Crippen molar-refractivity contribution in [2.45, 2.75) is 12.8 Å². The van der Waals surface area contributed by atoms with Gasteiger partial charge in [-0.2, -0.15) is 0 Å². The maximum absolute atomic E-state index is 9.81. The van der Waals surface area contributed by atoms with E-state index < -0.39 is 12.1 Å². The van der Waals surface area contributed by atoms with Gasteiger partial charge in [-0.1, -0.05) is 84.3 Å². The first kappa shape index (κ1) is 20.0. The third kappa shape index (κ3) is 5.08. The van der Waals surface area contributed by atoms with Gasteiger partial charge < -0.3 is 10.2 Å². The molecule has 0 aliphatic carbocycles. The van der Waals surface area contributed by atoms with E-state index in [-0.39, 0.29) is 12.7 Å². The Balaban J connectivity index is 1.96. The molecule has 2 unspecified atom stereocenters. The molecule has 2 aromatic carbocycles. The second kappa shape index (κ2) is 9.38. The van der Waals surface area contributed by atoms with E-state index >= 15 is 0 Å². The summed E-state index contributed by atoms with van der Waals surface area (Å²) in [5.41, 5.74) is 0. The summed E-state index contributed by atoms with van der Waals surface area (Å²) in [6.45, 7) is 0. The highest BCUT2D eigenvalue weighted by atomic mass is 32.4. The molecular formula is C18H24O2P2S2. The van der Waals surface area contributed by atoms with Crippen molar-refractivity contribution in [3.63, 3.8) is 0 Å². The summed E-state index contributed by atoms with van der Waals surface area (Å²) >= 11 is 11.6. The predicted molar refractivity (Wildman–Crippen MR) is 114 cm³/mol. The van der Waals surface area contributed by atoms with Crippen LogP contribution >= 0.6 is 12.1 Å². The molecule has 2 N–H and O–H groups in total. The van der Waals surface area contributed by atoms with Gasteiger partial charge in [-0.15, -0.1) is 0 Å². The maximum Gasteiger partial charge on any atom is 0.0756 e. The van der Waals surface area contributed by atoms with Gasteiger partial charge in [0.1, 0.15) is 0 Å². The van der Waals surface area contributed by atoms with Gasteiger partial charge in [0.15, 0.2) is 0 Å². The molecule has 0 spiro atoms. The summed E-state index contributed by atoms with van der Waals surface area (Å²) in [4.78, 5) is 0. The Hall–Kier alpha value is -0.340. The van der Waals surface area contributed by atoms with Crippen molar-refractivity contribution in [1.82, 2.24) is 0 Å². The van der Waals surface area contributed by atoms with E-state index in [0.717, 1.165) is 35.8 Å². The first-order valence-electron chi connectivity index (χ1n) is 8.03. The van der Waals surface area contributed by atoms with E-state index in [4.69, 9.17) is 23.6 Å². The fraction of sp³-hybridized carbons (Fsp3) is 0.333. The van der Waals surface area contributed by atoms with E-state index in [1.807, 2.05) is 60.7 Å². The smallest absolute Gasteiger partial charge is 0.0756 e. The third-order valence-electron chi connectivity index (χ3n) is 4.20. The van der Waals surface area contributed by atoms with Crippen LogP contribution in [-0.2, 0) is 23.6 Å². The van der Waals surface area contributed by atoms with Crippen LogP contribution in [0.25, 0.3) is 0 Å². The first-order valence-corrected chi connectivity index (χ1v) is 14.4. The Morgan fingerprint density at radius 2 is 0.958 bits per heavy atom. The van der Waals surface area contributed by atoms with Crippen molar-refractivity contribution in [2.24, 2.45) is 0 Å². The molecule has 2 aromatic rings. The largest absolute Gasteiger partial charge is 0.391 e. The second-order valence-electron chi connectivity index (χ2n) is 5.89. The van der Waals surface area contributed by atoms with Crippen molar-refractivity contribution in [3.05, 3.63) is 60.7 Å². The van der Waals surface area contributed by atoms with E-state index in [0.29, 0.717) is 0 Å². The average Bonchev–Trinajstić information content (AvgIpc) is 2.66. The lowest BCUT2D eigenvalue weighted by Crippen LogP contribution is -2.12. The van der Waals surface area contributed by atoms with Crippen molar-refractivity contribution in [2.75, 3.05) is 25.0 Å². The molecule has 0 amide bonds. The second-order valence-corrected chi connectivity index (χ2v) is 16.1. The third-order valence-corrected chi connectivity index (χ3v) is 12.7. The summed E-state index contributed by atoms with van der Waals surface area (Å²) in [6.07, 6.45) is 3.71. The van der Waals surface area contributed by atoms with Gasteiger partial charge in [0.25, 0.3) is 0 Å². The highest BCUT2D eigenvalue weighted by molar-refractivity contribution is 8.18. The molecule has 0 heterocycles. The van der Waals surface area contributed by atoms with Gasteiger partial charge in [-0.25, -0.2) is 0 Å². The maximum atomic E-state index is 9.81. The van der Waals surface area contributed by atoms with Gasteiger partial charge in [0, 0.05) is 12.1 Å². The summed E-state index contributed by atoms with van der Waals surface area (Å²) in [5, 5.41) is 21.8. The molecule has 2 rings (SSSR count). The van der Waals surface area contributed by atoms with Gasteiger partial charge in [-0.05, 0) is 35.8 Å². The summed E-state index contributed by atoms with van der Waals surface area (Å²) in [6, 6.07) is 16.1. The number of aliphatic hydroxyl groups excluding tert-OH is 2. The van der Waals surface area contributed by atoms with Gasteiger partial charge in [0.05, 0.1) is 12.7 Å². The standard InChI is InChI=1S/C18H24O2P2S2/c19-15-21(23,17-9-3-1-4-10-17)13-7-8-14-22(24,16-20)18-11-5-2-6-12-18/h1-6,9-12,19-20H,7-8,13-16H2. The number of hydrogen-bond acceptors (Lipinski definition) is 4. The van der Waals surface area contributed by atoms with Crippen LogP contribution in [0.5, 0.6) is 0 Å². The SMILES string of the molecule is OCP(=S)(CCCCP(=S)(CO)c1ccccc1)c1ccccc1. The van der Waals surface area contributed by atoms with Crippen LogP contribution in [0.1, 0.15) is 12.8 Å². The molecule has 0 aliphatic heterocycles. The molecule has 0 saturated carbocycles. The number of benzene rings is 2. The van der Waals surface area contributed by atoms with Crippen molar-refractivity contribution < 1.29 is 10.2 Å². The van der Waals surface area contributed by atoms with Crippen LogP contribution in [0.4, 0.5) is 0 Å². The average molecular weight is 398 g/mol. The van der Waals surface area contributed by atoms with Gasteiger partial charge >= 0.3 is 0 Å². The molecule has 0 aliphatic rings. The Morgan fingerprint density at radius 1 is 0.625 bits per heavy atom. The molecule has 0 saturated heterocycles. The van der Waals surface area contributed by atoms with Crippen LogP contribution in [0.15, 0.2) is 60.7 Å². The van der Waals surface area contributed by atoms with Crippen LogP contribution in [0, 0.1) is 0 Å². The number of aliphatic hydroxyl groups is 2. The Morgan fingerprint density at radius 3 is 1.25 bits per heavy atom. The molecule has 2 atom stereocenters. The quantitative estimate of drug-likeness (QED) is 0.503. The zero-order valence-corrected chi connectivity index (χ0v) is 17.0. The molecule has 2 nitrogen and oxygen atoms in total. The highest BCUT2D eigenvalue weighted by Crippen LogP contribution is 2.47. The Labute approximate surface area is 155 Å². The highest BCUT2D eigenvalue weighted by Gasteiger charge is 2.21. The molecule has 0 fully saturated rings. The molecule has 6 heteroatoms. The lowest BCUT2D eigenvalue weighted by Gasteiger charge is -2.22. The summed E-state index contributed by atoms with van der Waals surface area (Å²) < 4.78 is 0. The van der Waals surface area contributed by atoms with Crippen molar-refractivity contribution >= 4 is 46.3 Å². The zero-order valence-electron chi connectivity index (χ0n) is 13.6. The summed E-state index contributed by atoms with van der Waals surface area (Å²) in [5.74, 6) is 0. The van der Waals surface area contributed by atoms with Gasteiger partial charge in [0.2, 0.25) is 0 Å². The minimum absolute atomic E-state index is 0.0686. The predicted octanol–water partition coefficient (Wildman–Crippen LogP) is 3.28. The fourth-order valence-electron chi connectivity index (χ4n) is 2.70.